The topological polar surface area (TPSA) is 101 Å². The van der Waals surface area contributed by atoms with Crippen molar-refractivity contribution >= 4 is 11.8 Å². The molecule has 3 heterocycles. The lowest BCUT2D eigenvalue weighted by molar-refractivity contribution is -0.132. The number of halogens is 2. The lowest BCUT2D eigenvalue weighted by atomic mass is 10.1. The zero-order valence-electron chi connectivity index (χ0n) is 17.2. The molecule has 2 aromatic rings. The Morgan fingerprint density at radius 2 is 2.06 bits per heavy atom. The minimum absolute atomic E-state index is 0.00364. The van der Waals surface area contributed by atoms with Crippen LogP contribution < -0.4 is 10.7 Å². The van der Waals surface area contributed by atoms with Crippen molar-refractivity contribution in [2.75, 3.05) is 0 Å². The summed E-state index contributed by atoms with van der Waals surface area (Å²) >= 11 is 0. The van der Waals surface area contributed by atoms with Gasteiger partial charge in [-0.2, -0.15) is 0 Å². The maximum atomic E-state index is 14.0. The van der Waals surface area contributed by atoms with Crippen LogP contribution in [-0.2, 0) is 11.3 Å². The predicted molar refractivity (Wildman–Crippen MR) is 107 cm³/mol. The molecule has 0 spiro atoms. The summed E-state index contributed by atoms with van der Waals surface area (Å²) in [5.41, 5.74) is -1.51. The van der Waals surface area contributed by atoms with E-state index in [1.807, 2.05) is 0 Å². The van der Waals surface area contributed by atoms with E-state index >= 15 is 0 Å². The van der Waals surface area contributed by atoms with Crippen molar-refractivity contribution in [3.63, 3.8) is 0 Å². The minimum Gasteiger partial charge on any atom is -0.503 e. The second kappa shape index (κ2) is 7.40. The second-order valence-corrected chi connectivity index (χ2v) is 8.47. The van der Waals surface area contributed by atoms with E-state index in [1.165, 1.54) is 23.8 Å². The molecule has 2 amide bonds. The van der Waals surface area contributed by atoms with Crippen LogP contribution in [0.2, 0.25) is 0 Å². The SMILES string of the molecule is C[C@H](NC(=O)c1cn2c(c(O)c1=O)C(=O)N1[C@H]3CC[C@H](C3)O[C@@H]1C2)c1ccc(F)cc1F. The molecule has 0 radical (unpaired) electrons. The van der Waals surface area contributed by atoms with Crippen molar-refractivity contribution in [2.45, 2.75) is 57.1 Å². The van der Waals surface area contributed by atoms with Crippen LogP contribution in [0.3, 0.4) is 0 Å². The van der Waals surface area contributed by atoms with Crippen LogP contribution in [0.25, 0.3) is 0 Å². The third-order valence-electron chi connectivity index (χ3n) is 6.48. The van der Waals surface area contributed by atoms with Gasteiger partial charge in [-0.25, -0.2) is 8.78 Å². The average molecular weight is 445 g/mol. The van der Waals surface area contributed by atoms with Crippen LogP contribution in [0, 0.1) is 11.6 Å². The van der Waals surface area contributed by atoms with Gasteiger partial charge in [-0.3, -0.25) is 14.4 Å². The van der Waals surface area contributed by atoms with Crippen molar-refractivity contribution in [3.8, 4) is 5.75 Å². The second-order valence-electron chi connectivity index (χ2n) is 8.47. The number of pyridine rings is 1. The molecule has 1 saturated heterocycles. The van der Waals surface area contributed by atoms with E-state index in [0.29, 0.717) is 6.07 Å². The Balaban J connectivity index is 1.46. The van der Waals surface area contributed by atoms with Gasteiger partial charge in [-0.15, -0.1) is 0 Å². The van der Waals surface area contributed by atoms with E-state index in [-0.39, 0.29) is 35.5 Å². The Morgan fingerprint density at radius 3 is 2.81 bits per heavy atom. The average Bonchev–Trinajstić information content (AvgIpc) is 3.11. The van der Waals surface area contributed by atoms with E-state index in [0.717, 1.165) is 25.3 Å². The molecule has 2 aliphatic heterocycles. The molecule has 5 rings (SSSR count). The number of rotatable bonds is 3. The highest BCUT2D eigenvalue weighted by Gasteiger charge is 2.47. The standard InChI is InChI=1S/C22H21F2N3O5/c1-10(14-5-2-11(23)6-16(14)24)25-21(30)15-8-26-9-17-27(12-3-4-13(7-12)32-17)22(31)18(26)20(29)19(15)28/h2,5-6,8,10,12-13,17,29H,3-4,7,9H2,1H3,(H,25,30)/t10-,12-,13+,17+/m0/s1. The Labute approximate surface area is 181 Å². The van der Waals surface area contributed by atoms with Gasteiger partial charge in [0.25, 0.3) is 11.8 Å². The molecular formula is C22H21F2N3O5. The molecule has 2 fully saturated rings. The fourth-order valence-corrected chi connectivity index (χ4v) is 4.92. The number of aromatic hydroxyl groups is 1. The summed E-state index contributed by atoms with van der Waals surface area (Å²) < 4.78 is 34.5. The number of hydrogen-bond acceptors (Lipinski definition) is 5. The number of hydrogen-bond donors (Lipinski definition) is 2. The van der Waals surface area contributed by atoms with Crippen molar-refractivity contribution in [2.24, 2.45) is 0 Å². The molecule has 1 aliphatic carbocycles. The fourth-order valence-electron chi connectivity index (χ4n) is 4.92. The van der Waals surface area contributed by atoms with Crippen molar-refractivity contribution in [1.82, 2.24) is 14.8 Å². The lowest BCUT2D eigenvalue weighted by Crippen LogP contribution is -2.57. The van der Waals surface area contributed by atoms with E-state index in [4.69, 9.17) is 4.74 Å². The summed E-state index contributed by atoms with van der Waals surface area (Å²) in [7, 11) is 0. The number of carbonyl (C=O) groups excluding carboxylic acids is 2. The zero-order chi connectivity index (χ0) is 22.7. The summed E-state index contributed by atoms with van der Waals surface area (Å²) in [5.74, 6) is -3.75. The fraction of sp³-hybridized carbons (Fsp3) is 0.409. The largest absolute Gasteiger partial charge is 0.503 e. The first-order valence-corrected chi connectivity index (χ1v) is 10.4. The quantitative estimate of drug-likeness (QED) is 0.753. The number of fused-ring (bicyclic) bond motifs is 5. The highest BCUT2D eigenvalue weighted by atomic mass is 19.1. The number of ether oxygens (including phenoxy) is 1. The first-order chi connectivity index (χ1) is 15.2. The number of aromatic nitrogens is 1. The summed E-state index contributed by atoms with van der Waals surface area (Å²) in [6.45, 7) is 1.65. The molecule has 1 aromatic heterocycles. The summed E-state index contributed by atoms with van der Waals surface area (Å²) in [5, 5.41) is 13.0. The van der Waals surface area contributed by atoms with Crippen LogP contribution in [0.5, 0.6) is 5.75 Å². The third kappa shape index (κ3) is 3.17. The van der Waals surface area contributed by atoms with Crippen molar-refractivity contribution < 1.29 is 28.2 Å². The first-order valence-electron chi connectivity index (χ1n) is 10.4. The van der Waals surface area contributed by atoms with Gasteiger partial charge in [0.15, 0.2) is 17.7 Å². The van der Waals surface area contributed by atoms with E-state index < -0.39 is 46.9 Å². The highest BCUT2D eigenvalue weighted by molar-refractivity contribution is 5.99. The van der Waals surface area contributed by atoms with Crippen molar-refractivity contribution in [1.29, 1.82) is 0 Å². The highest BCUT2D eigenvalue weighted by Crippen LogP contribution is 2.38. The van der Waals surface area contributed by atoms with Crippen LogP contribution >= 0.6 is 0 Å². The smallest absolute Gasteiger partial charge is 0.276 e. The van der Waals surface area contributed by atoms with Gasteiger partial charge < -0.3 is 24.6 Å². The summed E-state index contributed by atoms with van der Waals surface area (Å²) in [6.07, 6.45) is 3.12. The van der Waals surface area contributed by atoms with Crippen molar-refractivity contribution in [3.05, 3.63) is 63.1 Å². The van der Waals surface area contributed by atoms with Crippen LogP contribution in [0.15, 0.2) is 29.2 Å². The minimum atomic E-state index is -0.991. The maximum Gasteiger partial charge on any atom is 0.276 e. The number of nitrogens with one attached hydrogen (secondary N) is 1. The molecule has 1 saturated carbocycles. The molecule has 3 aliphatic rings. The molecular weight excluding hydrogens is 424 g/mol. The molecule has 4 atom stereocenters. The summed E-state index contributed by atoms with van der Waals surface area (Å²) in [6, 6.07) is 2.10. The Kier molecular flexibility index (Phi) is 4.77. The van der Waals surface area contributed by atoms with Crippen LogP contribution in [-0.4, -0.2) is 44.8 Å². The number of nitrogens with zero attached hydrogens (tertiary/aromatic N) is 2. The summed E-state index contributed by atoms with van der Waals surface area (Å²) in [4.78, 5) is 40.2. The van der Waals surface area contributed by atoms with Gasteiger partial charge in [0, 0.05) is 23.9 Å². The molecule has 2 N–H and O–H groups in total. The number of carbonyl (C=O) groups is 2. The Bertz CT molecular complexity index is 1200. The molecule has 10 heteroatoms. The molecule has 2 bridgehead atoms. The molecule has 1 aromatic carbocycles. The van der Waals surface area contributed by atoms with Gasteiger partial charge >= 0.3 is 0 Å². The predicted octanol–water partition coefficient (Wildman–Crippen LogP) is 2.06. The van der Waals surface area contributed by atoms with Gasteiger partial charge in [0.05, 0.1) is 18.7 Å². The van der Waals surface area contributed by atoms with Gasteiger partial charge in [-0.1, -0.05) is 6.07 Å². The molecule has 168 valence electrons. The Morgan fingerprint density at radius 1 is 1.28 bits per heavy atom. The number of amides is 2. The maximum absolute atomic E-state index is 14.0. The van der Waals surface area contributed by atoms with Gasteiger partial charge in [0.1, 0.15) is 17.2 Å². The Hall–Kier alpha value is -3.27. The first kappa shape index (κ1) is 20.6. The van der Waals surface area contributed by atoms with Crippen LogP contribution in [0.4, 0.5) is 8.78 Å². The van der Waals surface area contributed by atoms with E-state index in [9.17, 15) is 28.3 Å². The molecule has 0 unspecified atom stereocenters. The normalized spacial score (nSPS) is 24.7. The molecule has 8 nitrogen and oxygen atoms in total. The third-order valence-corrected chi connectivity index (χ3v) is 6.48. The zero-order valence-corrected chi connectivity index (χ0v) is 17.2. The lowest BCUT2D eigenvalue weighted by Gasteiger charge is -2.44. The number of benzene rings is 1. The molecule has 32 heavy (non-hydrogen) atoms. The van der Waals surface area contributed by atoms with Crippen LogP contribution in [0.1, 0.15) is 58.6 Å². The van der Waals surface area contributed by atoms with E-state index in [2.05, 4.69) is 5.32 Å². The van der Waals surface area contributed by atoms with E-state index in [1.54, 1.807) is 4.90 Å². The monoisotopic (exact) mass is 445 g/mol. The van der Waals surface area contributed by atoms with Gasteiger partial charge in [-0.05, 0) is 32.3 Å². The van der Waals surface area contributed by atoms with Gasteiger partial charge in [0.2, 0.25) is 5.43 Å².